The first kappa shape index (κ1) is 19.2. The Morgan fingerprint density at radius 3 is 2.48 bits per heavy atom. The maximum Gasteiger partial charge on any atom is 0.253 e. The quantitative estimate of drug-likeness (QED) is 0.796. The largest absolute Gasteiger partial charge is 0.345 e. The summed E-state index contributed by atoms with van der Waals surface area (Å²) in [6.07, 6.45) is 3.05. The van der Waals surface area contributed by atoms with Crippen molar-refractivity contribution in [3.05, 3.63) is 69.1 Å². The van der Waals surface area contributed by atoms with E-state index in [2.05, 4.69) is 5.32 Å². The molecule has 134 valence electrons. The lowest BCUT2D eigenvalue weighted by molar-refractivity contribution is 0.0894. The zero-order chi connectivity index (χ0) is 18.4. The van der Waals surface area contributed by atoms with Gasteiger partial charge in [0.15, 0.2) is 0 Å². The van der Waals surface area contributed by atoms with Gasteiger partial charge in [-0.05, 0) is 30.5 Å². The molecule has 0 bridgehead atoms. The van der Waals surface area contributed by atoms with Gasteiger partial charge in [0.25, 0.3) is 11.5 Å². The number of carbonyl (C=O) groups is 1. The van der Waals surface area contributed by atoms with Gasteiger partial charge in [0.2, 0.25) is 0 Å². The van der Waals surface area contributed by atoms with Crippen molar-refractivity contribution in [3.8, 4) is 0 Å². The molecular weight excluding hydrogens is 338 g/mol. The molecule has 1 heterocycles. The van der Waals surface area contributed by atoms with Crippen molar-refractivity contribution in [2.24, 2.45) is 5.73 Å². The van der Waals surface area contributed by atoms with E-state index in [1.165, 1.54) is 16.7 Å². The van der Waals surface area contributed by atoms with Crippen molar-refractivity contribution >= 4 is 17.5 Å². The predicted molar refractivity (Wildman–Crippen MR) is 101 cm³/mol. The number of rotatable bonds is 7. The molecule has 0 aliphatic heterocycles. The highest BCUT2D eigenvalue weighted by molar-refractivity contribution is 6.31. The maximum atomic E-state index is 12.6. The number of nitrogens with two attached hydrogens (primary N) is 1. The topological polar surface area (TPSA) is 77.1 Å². The minimum Gasteiger partial charge on any atom is -0.345 e. The molecule has 0 radical (unpaired) electrons. The molecule has 0 aliphatic carbocycles. The third-order valence-electron chi connectivity index (χ3n) is 4.67. The van der Waals surface area contributed by atoms with Gasteiger partial charge in [0.1, 0.15) is 0 Å². The molecule has 0 atom stereocenters. The number of nitrogens with zero attached hydrogens (tertiary/aromatic N) is 1. The summed E-state index contributed by atoms with van der Waals surface area (Å²) in [5.74, 6) is -0.234. The summed E-state index contributed by atoms with van der Waals surface area (Å²) < 4.78 is 1.48. The highest BCUT2D eigenvalue weighted by Gasteiger charge is 2.26. The Morgan fingerprint density at radius 1 is 1.20 bits per heavy atom. The normalized spacial score (nSPS) is 11.4. The minimum atomic E-state index is -0.430. The van der Waals surface area contributed by atoms with Crippen molar-refractivity contribution in [2.45, 2.75) is 38.8 Å². The highest BCUT2D eigenvalue weighted by Crippen LogP contribution is 2.17. The van der Waals surface area contributed by atoms with E-state index in [1.54, 1.807) is 12.3 Å². The number of hydrogen-bond donors (Lipinski definition) is 2. The Balaban J connectivity index is 2.28. The van der Waals surface area contributed by atoms with Crippen LogP contribution in [0.2, 0.25) is 5.02 Å². The van der Waals surface area contributed by atoms with Gasteiger partial charge in [-0.25, -0.2) is 0 Å². The number of pyridine rings is 1. The summed E-state index contributed by atoms with van der Waals surface area (Å²) in [6.45, 7) is 4.66. The lowest BCUT2D eigenvalue weighted by atomic mass is 9.92. The van der Waals surface area contributed by atoms with E-state index in [0.717, 1.165) is 18.4 Å². The van der Waals surface area contributed by atoms with Crippen LogP contribution in [0.5, 0.6) is 0 Å². The van der Waals surface area contributed by atoms with E-state index >= 15 is 0 Å². The Labute approximate surface area is 152 Å². The molecule has 2 rings (SSSR count). The van der Waals surface area contributed by atoms with Crippen LogP contribution in [0.1, 0.15) is 42.6 Å². The smallest absolute Gasteiger partial charge is 0.253 e. The number of aromatic nitrogens is 1. The van der Waals surface area contributed by atoms with Crippen LogP contribution in [0.4, 0.5) is 0 Å². The second-order valence-corrected chi connectivity index (χ2v) is 6.53. The molecule has 1 aromatic carbocycles. The molecule has 3 N–H and O–H groups in total. The van der Waals surface area contributed by atoms with Gasteiger partial charge in [0, 0.05) is 23.8 Å². The molecule has 0 unspecified atom stereocenters. The van der Waals surface area contributed by atoms with E-state index < -0.39 is 5.54 Å². The number of hydrogen-bond acceptors (Lipinski definition) is 3. The Kier molecular flexibility index (Phi) is 6.39. The monoisotopic (exact) mass is 361 g/mol. The molecule has 0 aliphatic rings. The SMILES string of the molecule is CCC(CC)(CN)NC(=O)c1ccc(=O)n(Cc2ccccc2Cl)c1. The third-order valence-corrected chi connectivity index (χ3v) is 5.04. The Morgan fingerprint density at radius 2 is 1.88 bits per heavy atom. The van der Waals surface area contributed by atoms with Gasteiger partial charge in [-0.3, -0.25) is 9.59 Å². The van der Waals surface area contributed by atoms with Crippen LogP contribution in [0, 0.1) is 0 Å². The molecule has 1 aromatic heterocycles. The van der Waals surface area contributed by atoms with Crippen molar-refractivity contribution in [2.75, 3.05) is 6.54 Å². The maximum absolute atomic E-state index is 12.6. The first-order chi connectivity index (χ1) is 11.9. The van der Waals surface area contributed by atoms with Gasteiger partial charge >= 0.3 is 0 Å². The van der Waals surface area contributed by atoms with Crippen molar-refractivity contribution in [1.29, 1.82) is 0 Å². The van der Waals surface area contributed by atoms with Crippen LogP contribution >= 0.6 is 11.6 Å². The summed E-state index contributed by atoms with van der Waals surface area (Å²) in [5.41, 5.74) is 6.47. The fourth-order valence-electron chi connectivity index (χ4n) is 2.68. The lowest BCUT2D eigenvalue weighted by Crippen LogP contribution is -2.53. The van der Waals surface area contributed by atoms with E-state index in [0.29, 0.717) is 23.7 Å². The summed E-state index contributed by atoms with van der Waals surface area (Å²) in [5, 5.41) is 3.60. The fourth-order valence-corrected chi connectivity index (χ4v) is 2.87. The summed E-state index contributed by atoms with van der Waals surface area (Å²) >= 11 is 6.16. The number of halogens is 1. The Bertz CT molecular complexity index is 789. The van der Waals surface area contributed by atoms with Crippen LogP contribution in [0.25, 0.3) is 0 Å². The molecular formula is C19H24ClN3O2. The Hall–Kier alpha value is -2.11. The molecule has 0 spiro atoms. The van der Waals surface area contributed by atoms with Crippen LogP contribution in [-0.4, -0.2) is 22.6 Å². The van der Waals surface area contributed by atoms with Crippen molar-refractivity contribution < 1.29 is 4.79 Å². The number of benzene rings is 1. The van der Waals surface area contributed by atoms with Gasteiger partial charge < -0.3 is 15.6 Å². The van der Waals surface area contributed by atoms with E-state index in [9.17, 15) is 9.59 Å². The molecule has 0 saturated heterocycles. The number of amides is 1. The fraction of sp³-hybridized carbons (Fsp3) is 0.368. The van der Waals surface area contributed by atoms with Crippen LogP contribution in [0.3, 0.4) is 0 Å². The van der Waals surface area contributed by atoms with Gasteiger partial charge in [-0.1, -0.05) is 43.6 Å². The molecule has 0 saturated carbocycles. The summed E-state index contributed by atoms with van der Waals surface area (Å²) in [6, 6.07) is 10.3. The van der Waals surface area contributed by atoms with E-state index in [4.69, 9.17) is 17.3 Å². The highest BCUT2D eigenvalue weighted by atomic mass is 35.5. The molecule has 5 nitrogen and oxygen atoms in total. The second kappa shape index (κ2) is 8.32. The van der Waals surface area contributed by atoms with Crippen LogP contribution < -0.4 is 16.6 Å². The van der Waals surface area contributed by atoms with Crippen molar-refractivity contribution in [3.63, 3.8) is 0 Å². The average molecular weight is 362 g/mol. The molecule has 0 fully saturated rings. The molecule has 25 heavy (non-hydrogen) atoms. The number of carbonyl (C=O) groups excluding carboxylic acids is 1. The van der Waals surface area contributed by atoms with Crippen LogP contribution in [0.15, 0.2) is 47.4 Å². The predicted octanol–water partition coefficient (Wildman–Crippen LogP) is 2.80. The van der Waals surface area contributed by atoms with Crippen molar-refractivity contribution in [1.82, 2.24) is 9.88 Å². The first-order valence-corrected chi connectivity index (χ1v) is 8.79. The summed E-state index contributed by atoms with van der Waals surface area (Å²) in [4.78, 5) is 24.7. The molecule has 2 aromatic rings. The standard InChI is InChI=1S/C19H24ClN3O2/c1-3-19(4-2,13-21)22-18(25)15-9-10-17(24)23(12-15)11-14-7-5-6-8-16(14)20/h5-10,12H,3-4,11,13,21H2,1-2H3,(H,22,25). The van der Waals surface area contributed by atoms with Gasteiger partial charge in [0.05, 0.1) is 17.6 Å². The summed E-state index contributed by atoms with van der Waals surface area (Å²) in [7, 11) is 0. The van der Waals surface area contributed by atoms with Crippen LogP contribution in [-0.2, 0) is 6.54 Å². The zero-order valence-corrected chi connectivity index (χ0v) is 15.3. The van der Waals surface area contributed by atoms with Gasteiger partial charge in [-0.15, -0.1) is 0 Å². The first-order valence-electron chi connectivity index (χ1n) is 8.41. The van der Waals surface area contributed by atoms with E-state index in [1.807, 2.05) is 32.0 Å². The average Bonchev–Trinajstić information content (AvgIpc) is 2.63. The third kappa shape index (κ3) is 4.50. The van der Waals surface area contributed by atoms with E-state index in [-0.39, 0.29) is 11.5 Å². The number of nitrogens with one attached hydrogen (secondary N) is 1. The molecule has 6 heteroatoms. The molecule has 1 amide bonds. The van der Waals surface area contributed by atoms with Gasteiger partial charge in [-0.2, -0.15) is 0 Å². The second-order valence-electron chi connectivity index (χ2n) is 6.12. The minimum absolute atomic E-state index is 0.187. The zero-order valence-electron chi connectivity index (χ0n) is 14.6. The lowest BCUT2D eigenvalue weighted by Gasteiger charge is -2.31.